The van der Waals surface area contributed by atoms with Crippen LogP contribution in [0.15, 0.2) is 40.9 Å². The van der Waals surface area contributed by atoms with Crippen LogP contribution in [-0.4, -0.2) is 55.2 Å². The molecule has 1 amide bonds. The number of aryl methyl sites for hydroxylation is 2. The third-order valence-electron chi connectivity index (χ3n) is 5.13. The second-order valence-electron chi connectivity index (χ2n) is 7.34. The van der Waals surface area contributed by atoms with Crippen molar-refractivity contribution in [3.8, 4) is 0 Å². The third kappa shape index (κ3) is 4.69. The number of morpholine rings is 1. The molecule has 2 heterocycles. The molecule has 5 nitrogen and oxygen atoms in total. The first-order valence-corrected chi connectivity index (χ1v) is 11.4. The number of carbonyl (C=O) groups is 1. The number of aromatic nitrogens is 1. The fourth-order valence-corrected chi connectivity index (χ4v) is 5.00. The van der Waals surface area contributed by atoms with Crippen LogP contribution >= 0.6 is 27.3 Å². The average molecular weight is 474 g/mol. The van der Waals surface area contributed by atoms with E-state index in [0.717, 1.165) is 58.2 Å². The Kier molecular flexibility index (Phi) is 6.29. The van der Waals surface area contributed by atoms with Gasteiger partial charge < -0.3 is 4.74 Å². The lowest BCUT2D eigenvalue weighted by Gasteiger charge is -2.29. The van der Waals surface area contributed by atoms with Crippen LogP contribution in [0.1, 0.15) is 21.5 Å². The number of nitrogens with zero attached hydrogens (tertiary/aromatic N) is 3. The lowest BCUT2D eigenvalue weighted by atomic mass is 10.1. The Morgan fingerprint density at radius 1 is 1.21 bits per heavy atom. The summed E-state index contributed by atoms with van der Waals surface area (Å²) in [6.45, 7) is 8.88. The first kappa shape index (κ1) is 20.5. The number of rotatable bonds is 5. The van der Waals surface area contributed by atoms with Crippen LogP contribution in [-0.2, 0) is 4.74 Å². The zero-order valence-corrected chi connectivity index (χ0v) is 19.1. The lowest BCUT2D eigenvalue weighted by Crippen LogP contribution is -2.43. The van der Waals surface area contributed by atoms with E-state index in [1.165, 1.54) is 5.56 Å². The molecule has 1 aliphatic heterocycles. The Balaban J connectivity index is 1.66. The molecule has 1 fully saturated rings. The van der Waals surface area contributed by atoms with Gasteiger partial charge >= 0.3 is 0 Å². The fourth-order valence-electron chi connectivity index (χ4n) is 3.57. The summed E-state index contributed by atoms with van der Waals surface area (Å²) in [6, 6.07) is 11.8. The Labute approximate surface area is 183 Å². The number of anilines is 1. The second kappa shape index (κ2) is 8.92. The maximum Gasteiger partial charge on any atom is 0.260 e. The van der Waals surface area contributed by atoms with E-state index in [2.05, 4.69) is 46.8 Å². The van der Waals surface area contributed by atoms with E-state index in [9.17, 15) is 4.79 Å². The number of amides is 1. The SMILES string of the molecule is Cc1cc(C)c2nc(N(CCN3CCOCC3)C(=O)c3ccc(Br)cc3)sc2c1. The normalized spacial score (nSPS) is 15.0. The Hall–Kier alpha value is -1.80. The fraction of sp³-hybridized carbons (Fsp3) is 0.364. The van der Waals surface area contributed by atoms with Crippen LogP contribution in [0.5, 0.6) is 0 Å². The number of benzene rings is 2. The van der Waals surface area contributed by atoms with E-state index in [-0.39, 0.29) is 5.91 Å². The summed E-state index contributed by atoms with van der Waals surface area (Å²) >= 11 is 5.03. The van der Waals surface area contributed by atoms with Crippen LogP contribution in [0.3, 0.4) is 0 Å². The highest BCUT2D eigenvalue weighted by molar-refractivity contribution is 9.10. The molecule has 1 saturated heterocycles. The summed E-state index contributed by atoms with van der Waals surface area (Å²) in [5.41, 5.74) is 4.01. The number of fused-ring (bicyclic) bond motifs is 1. The van der Waals surface area contributed by atoms with Gasteiger partial charge in [0.2, 0.25) is 0 Å². The van der Waals surface area contributed by atoms with Gasteiger partial charge in [-0.15, -0.1) is 0 Å². The van der Waals surface area contributed by atoms with Gasteiger partial charge in [-0.1, -0.05) is 33.3 Å². The predicted octanol–water partition coefficient (Wildman–Crippen LogP) is 4.65. The number of ether oxygens (including phenoxy) is 1. The van der Waals surface area contributed by atoms with Gasteiger partial charge in [0.25, 0.3) is 5.91 Å². The van der Waals surface area contributed by atoms with Crippen molar-refractivity contribution >= 4 is 48.5 Å². The maximum absolute atomic E-state index is 13.4. The van der Waals surface area contributed by atoms with Gasteiger partial charge in [0.15, 0.2) is 5.13 Å². The maximum atomic E-state index is 13.4. The molecular formula is C22H24BrN3O2S. The standard InChI is InChI=1S/C22H24BrN3O2S/c1-15-13-16(2)20-19(14-15)29-22(24-20)26(8-7-25-9-11-28-12-10-25)21(27)17-3-5-18(23)6-4-17/h3-6,13-14H,7-12H2,1-2H3. The van der Waals surface area contributed by atoms with E-state index < -0.39 is 0 Å². The highest BCUT2D eigenvalue weighted by Crippen LogP contribution is 2.32. The average Bonchev–Trinajstić information content (AvgIpc) is 3.13. The molecule has 29 heavy (non-hydrogen) atoms. The second-order valence-corrected chi connectivity index (χ2v) is 9.27. The van der Waals surface area contributed by atoms with Crippen LogP contribution in [0.2, 0.25) is 0 Å². The topological polar surface area (TPSA) is 45.7 Å². The molecule has 0 unspecified atom stereocenters. The molecule has 4 rings (SSSR count). The largest absolute Gasteiger partial charge is 0.379 e. The van der Waals surface area contributed by atoms with E-state index in [1.54, 1.807) is 11.3 Å². The summed E-state index contributed by atoms with van der Waals surface area (Å²) in [7, 11) is 0. The molecule has 0 radical (unpaired) electrons. The monoisotopic (exact) mass is 473 g/mol. The van der Waals surface area contributed by atoms with Crippen molar-refractivity contribution in [3.63, 3.8) is 0 Å². The van der Waals surface area contributed by atoms with E-state index in [4.69, 9.17) is 9.72 Å². The summed E-state index contributed by atoms with van der Waals surface area (Å²) in [4.78, 5) is 22.4. The van der Waals surface area contributed by atoms with Gasteiger partial charge in [-0.25, -0.2) is 4.98 Å². The summed E-state index contributed by atoms with van der Waals surface area (Å²) in [5.74, 6) is -0.0146. The predicted molar refractivity (Wildman–Crippen MR) is 122 cm³/mol. The molecular weight excluding hydrogens is 450 g/mol. The van der Waals surface area contributed by atoms with Crippen LogP contribution in [0.4, 0.5) is 5.13 Å². The number of halogens is 1. The summed E-state index contributed by atoms with van der Waals surface area (Å²) < 4.78 is 7.53. The number of hydrogen-bond donors (Lipinski definition) is 0. The Morgan fingerprint density at radius 2 is 1.93 bits per heavy atom. The molecule has 2 aromatic carbocycles. The van der Waals surface area contributed by atoms with Gasteiger partial charge in [-0.2, -0.15) is 0 Å². The molecule has 3 aromatic rings. The highest BCUT2D eigenvalue weighted by atomic mass is 79.9. The van der Waals surface area contributed by atoms with Crippen molar-refractivity contribution in [2.24, 2.45) is 0 Å². The van der Waals surface area contributed by atoms with Crippen molar-refractivity contribution < 1.29 is 9.53 Å². The van der Waals surface area contributed by atoms with E-state index in [0.29, 0.717) is 12.1 Å². The van der Waals surface area contributed by atoms with Crippen molar-refractivity contribution in [1.29, 1.82) is 0 Å². The van der Waals surface area contributed by atoms with Gasteiger partial charge in [0.1, 0.15) is 0 Å². The molecule has 0 aliphatic carbocycles. The van der Waals surface area contributed by atoms with Gasteiger partial charge in [0.05, 0.1) is 23.4 Å². The lowest BCUT2D eigenvalue weighted by molar-refractivity contribution is 0.0391. The summed E-state index contributed by atoms with van der Waals surface area (Å²) in [5, 5.41) is 0.759. The van der Waals surface area contributed by atoms with Crippen LogP contribution in [0.25, 0.3) is 10.2 Å². The molecule has 0 N–H and O–H groups in total. The van der Waals surface area contributed by atoms with Gasteiger partial charge in [0, 0.05) is 36.2 Å². The van der Waals surface area contributed by atoms with Crippen molar-refractivity contribution in [2.45, 2.75) is 13.8 Å². The first-order chi connectivity index (χ1) is 14.0. The molecule has 1 aliphatic rings. The Morgan fingerprint density at radius 3 is 2.66 bits per heavy atom. The number of hydrogen-bond acceptors (Lipinski definition) is 5. The number of thiazole rings is 1. The smallest absolute Gasteiger partial charge is 0.260 e. The quantitative estimate of drug-likeness (QED) is 0.540. The molecule has 0 saturated carbocycles. The van der Waals surface area contributed by atoms with Gasteiger partial charge in [-0.05, 0) is 55.3 Å². The minimum Gasteiger partial charge on any atom is -0.379 e. The zero-order valence-electron chi connectivity index (χ0n) is 16.7. The molecule has 1 aromatic heterocycles. The minimum absolute atomic E-state index is 0.0146. The first-order valence-electron chi connectivity index (χ1n) is 9.76. The minimum atomic E-state index is -0.0146. The number of carbonyl (C=O) groups excluding carboxylic acids is 1. The molecule has 0 spiro atoms. The molecule has 152 valence electrons. The molecule has 0 bridgehead atoms. The van der Waals surface area contributed by atoms with E-state index >= 15 is 0 Å². The van der Waals surface area contributed by atoms with Gasteiger partial charge in [-0.3, -0.25) is 14.6 Å². The Bertz CT molecular complexity index is 1010. The van der Waals surface area contributed by atoms with E-state index in [1.807, 2.05) is 29.2 Å². The third-order valence-corrected chi connectivity index (χ3v) is 6.68. The highest BCUT2D eigenvalue weighted by Gasteiger charge is 2.23. The van der Waals surface area contributed by atoms with Crippen molar-refractivity contribution in [2.75, 3.05) is 44.3 Å². The van der Waals surface area contributed by atoms with Crippen molar-refractivity contribution in [1.82, 2.24) is 9.88 Å². The van der Waals surface area contributed by atoms with Crippen LogP contribution < -0.4 is 4.90 Å². The van der Waals surface area contributed by atoms with Crippen LogP contribution in [0, 0.1) is 13.8 Å². The molecule has 7 heteroatoms. The zero-order chi connectivity index (χ0) is 20.4. The summed E-state index contributed by atoms with van der Waals surface area (Å²) in [6.07, 6.45) is 0. The molecule has 0 atom stereocenters. The van der Waals surface area contributed by atoms with Crippen molar-refractivity contribution in [3.05, 3.63) is 57.6 Å².